The molecular weight excluding hydrogens is 168 g/mol. The Morgan fingerprint density at radius 1 is 1.54 bits per heavy atom. The maximum absolute atomic E-state index is 8.74. The molecule has 1 aliphatic rings. The van der Waals surface area contributed by atoms with Crippen LogP contribution in [0.15, 0.2) is 0 Å². The van der Waals surface area contributed by atoms with Gasteiger partial charge in [-0.25, -0.2) is 0 Å². The van der Waals surface area contributed by atoms with Crippen molar-refractivity contribution in [2.24, 2.45) is 5.92 Å². The fourth-order valence-corrected chi connectivity index (χ4v) is 1.82. The summed E-state index contributed by atoms with van der Waals surface area (Å²) in [5.74, 6) is 0.145. The van der Waals surface area contributed by atoms with Gasteiger partial charge in [-0.15, -0.1) is 0 Å². The molecule has 3 heteroatoms. The summed E-state index contributed by atoms with van der Waals surface area (Å²) in [6, 6.07) is 0. The molecule has 0 amide bonds. The highest BCUT2D eigenvalue weighted by Gasteiger charge is 2.37. The Morgan fingerprint density at radius 2 is 2.23 bits per heavy atom. The molecule has 1 fully saturated rings. The number of aliphatic hydroxyl groups is 1. The van der Waals surface area contributed by atoms with Crippen molar-refractivity contribution < 1.29 is 14.6 Å². The monoisotopic (exact) mass is 188 g/mol. The predicted molar refractivity (Wildman–Crippen MR) is 50.4 cm³/mol. The highest BCUT2D eigenvalue weighted by atomic mass is 16.7. The van der Waals surface area contributed by atoms with Gasteiger partial charge in [0.1, 0.15) is 0 Å². The third kappa shape index (κ3) is 3.25. The lowest BCUT2D eigenvalue weighted by Crippen LogP contribution is -2.28. The lowest BCUT2D eigenvalue weighted by atomic mass is 10.0. The minimum absolute atomic E-state index is 0.0775. The minimum Gasteiger partial charge on any atom is -0.396 e. The predicted octanol–water partition coefficient (Wildman–Crippen LogP) is 1.55. The van der Waals surface area contributed by atoms with Gasteiger partial charge < -0.3 is 14.6 Å². The second-order valence-electron chi connectivity index (χ2n) is 4.29. The highest BCUT2D eigenvalue weighted by molar-refractivity contribution is 4.75. The minimum atomic E-state index is -0.423. The van der Waals surface area contributed by atoms with Crippen molar-refractivity contribution in [1.82, 2.24) is 0 Å². The lowest BCUT2D eigenvalue weighted by Gasteiger charge is -2.25. The molecule has 1 heterocycles. The molecule has 1 saturated heterocycles. The topological polar surface area (TPSA) is 38.7 Å². The van der Waals surface area contributed by atoms with E-state index in [0.717, 1.165) is 6.42 Å². The molecule has 2 unspecified atom stereocenters. The molecule has 0 aromatic rings. The molecule has 1 rings (SSSR count). The van der Waals surface area contributed by atoms with Crippen molar-refractivity contribution in [1.29, 1.82) is 0 Å². The molecular formula is C10H20O3. The van der Waals surface area contributed by atoms with Gasteiger partial charge in [-0.2, -0.15) is 0 Å². The van der Waals surface area contributed by atoms with Gasteiger partial charge in [-0.05, 0) is 19.3 Å². The van der Waals surface area contributed by atoms with Crippen molar-refractivity contribution >= 4 is 0 Å². The Hall–Kier alpha value is -0.120. The molecule has 1 aliphatic heterocycles. The van der Waals surface area contributed by atoms with E-state index < -0.39 is 5.79 Å². The van der Waals surface area contributed by atoms with Gasteiger partial charge in [0, 0.05) is 13.0 Å². The van der Waals surface area contributed by atoms with Crippen molar-refractivity contribution in [2.45, 2.75) is 45.5 Å². The van der Waals surface area contributed by atoms with Gasteiger partial charge in [-0.1, -0.05) is 13.8 Å². The molecule has 2 atom stereocenters. The van der Waals surface area contributed by atoms with Gasteiger partial charge in [0.05, 0.1) is 12.7 Å². The van der Waals surface area contributed by atoms with Crippen LogP contribution in [0.2, 0.25) is 0 Å². The van der Waals surface area contributed by atoms with Crippen LogP contribution in [0.1, 0.15) is 33.6 Å². The smallest absolute Gasteiger partial charge is 0.166 e. The van der Waals surface area contributed by atoms with E-state index in [2.05, 4.69) is 13.8 Å². The van der Waals surface area contributed by atoms with Crippen molar-refractivity contribution in [2.75, 3.05) is 13.2 Å². The summed E-state index contributed by atoms with van der Waals surface area (Å²) in [6.45, 7) is 7.06. The molecule has 13 heavy (non-hydrogen) atoms. The van der Waals surface area contributed by atoms with E-state index >= 15 is 0 Å². The Morgan fingerprint density at radius 3 is 2.77 bits per heavy atom. The van der Waals surface area contributed by atoms with Crippen LogP contribution in [0.5, 0.6) is 0 Å². The van der Waals surface area contributed by atoms with E-state index in [1.54, 1.807) is 0 Å². The second-order valence-corrected chi connectivity index (χ2v) is 4.29. The third-order valence-electron chi connectivity index (χ3n) is 2.22. The zero-order valence-corrected chi connectivity index (χ0v) is 8.75. The molecule has 78 valence electrons. The molecule has 0 spiro atoms. The first-order valence-electron chi connectivity index (χ1n) is 4.98. The first-order chi connectivity index (χ1) is 6.06. The van der Waals surface area contributed by atoms with E-state index in [1.807, 2.05) is 6.92 Å². The maximum atomic E-state index is 8.74. The summed E-state index contributed by atoms with van der Waals surface area (Å²) in [4.78, 5) is 0. The van der Waals surface area contributed by atoms with Crippen molar-refractivity contribution in [3.63, 3.8) is 0 Å². The van der Waals surface area contributed by atoms with Gasteiger partial charge >= 0.3 is 0 Å². The van der Waals surface area contributed by atoms with E-state index in [9.17, 15) is 0 Å². The van der Waals surface area contributed by atoms with Crippen LogP contribution < -0.4 is 0 Å². The van der Waals surface area contributed by atoms with E-state index in [1.165, 1.54) is 0 Å². The van der Waals surface area contributed by atoms with Crippen LogP contribution in [0.25, 0.3) is 0 Å². The van der Waals surface area contributed by atoms with E-state index in [0.29, 0.717) is 18.9 Å². The van der Waals surface area contributed by atoms with Gasteiger partial charge in [-0.3, -0.25) is 0 Å². The molecule has 0 aliphatic carbocycles. The average Bonchev–Trinajstić information content (AvgIpc) is 2.31. The van der Waals surface area contributed by atoms with Gasteiger partial charge in [0.15, 0.2) is 5.79 Å². The Balaban J connectivity index is 2.37. The zero-order chi connectivity index (χ0) is 9.90. The highest BCUT2D eigenvalue weighted by Crippen LogP contribution is 2.30. The van der Waals surface area contributed by atoms with E-state index in [4.69, 9.17) is 14.6 Å². The quantitative estimate of drug-likeness (QED) is 0.727. The summed E-state index contributed by atoms with van der Waals surface area (Å²) >= 11 is 0. The first-order valence-corrected chi connectivity index (χ1v) is 4.98. The first kappa shape index (κ1) is 11.0. The number of ether oxygens (including phenoxy) is 2. The maximum Gasteiger partial charge on any atom is 0.166 e. The molecule has 0 aromatic carbocycles. The van der Waals surface area contributed by atoms with Crippen molar-refractivity contribution in [3.8, 4) is 0 Å². The molecule has 3 nitrogen and oxygen atoms in total. The third-order valence-corrected chi connectivity index (χ3v) is 2.22. The largest absolute Gasteiger partial charge is 0.396 e. The lowest BCUT2D eigenvalue weighted by molar-refractivity contribution is -0.165. The number of hydrogen-bond donors (Lipinski definition) is 1. The average molecular weight is 188 g/mol. The van der Waals surface area contributed by atoms with Crippen LogP contribution in [0, 0.1) is 5.92 Å². The summed E-state index contributed by atoms with van der Waals surface area (Å²) < 4.78 is 11.3. The number of rotatable bonds is 4. The number of aliphatic hydroxyl groups excluding tert-OH is 1. The van der Waals surface area contributed by atoms with Crippen LogP contribution >= 0.6 is 0 Å². The SMILES string of the molecule is CC(C)CC1(C)OCC(CCO)O1. The summed E-state index contributed by atoms with van der Waals surface area (Å²) in [7, 11) is 0. The Labute approximate surface area is 80.0 Å². The summed E-state index contributed by atoms with van der Waals surface area (Å²) in [5.41, 5.74) is 0. The number of hydrogen-bond acceptors (Lipinski definition) is 3. The Kier molecular flexibility index (Phi) is 3.71. The second kappa shape index (κ2) is 4.40. The van der Waals surface area contributed by atoms with Crippen LogP contribution in [-0.4, -0.2) is 30.2 Å². The van der Waals surface area contributed by atoms with Crippen LogP contribution in [0.3, 0.4) is 0 Å². The molecule has 0 saturated carbocycles. The molecule has 0 aromatic heterocycles. The molecule has 0 bridgehead atoms. The zero-order valence-electron chi connectivity index (χ0n) is 8.75. The molecule has 1 N–H and O–H groups in total. The fraction of sp³-hybridized carbons (Fsp3) is 1.00. The van der Waals surface area contributed by atoms with Crippen molar-refractivity contribution in [3.05, 3.63) is 0 Å². The standard InChI is InChI=1S/C10H20O3/c1-8(2)6-10(3)12-7-9(13-10)4-5-11/h8-9,11H,4-7H2,1-3H3. The van der Waals surface area contributed by atoms with Gasteiger partial charge in [0.2, 0.25) is 0 Å². The fourth-order valence-electron chi connectivity index (χ4n) is 1.82. The van der Waals surface area contributed by atoms with Crippen LogP contribution in [0.4, 0.5) is 0 Å². The van der Waals surface area contributed by atoms with Crippen LogP contribution in [-0.2, 0) is 9.47 Å². The summed E-state index contributed by atoms with van der Waals surface area (Å²) in [6.07, 6.45) is 1.66. The van der Waals surface area contributed by atoms with E-state index in [-0.39, 0.29) is 12.7 Å². The van der Waals surface area contributed by atoms with Gasteiger partial charge in [0.25, 0.3) is 0 Å². The Bertz CT molecular complexity index is 158. The summed E-state index contributed by atoms with van der Waals surface area (Å²) in [5, 5.41) is 8.74. The normalized spacial score (nSPS) is 34.4. The molecule has 0 radical (unpaired) electrons.